The molecule has 1 N–H and O–H groups in total. The standard InChI is InChI=1S/C25H33N3O5S/c1-19-16-28(17-20(2)33-19)34(30,31)24-8-4-7-23(14-24)25(29)26-15-21-5-3-6-22(13-21)18-27-9-11-32-12-10-27/h3-8,13-14,19-20H,9-12,15-18H2,1-2H3,(H,26,29). The van der Waals surface area contributed by atoms with Crippen LogP contribution in [0.2, 0.25) is 0 Å². The Morgan fingerprint density at radius 3 is 2.41 bits per heavy atom. The molecule has 2 aliphatic heterocycles. The zero-order valence-electron chi connectivity index (χ0n) is 19.8. The highest BCUT2D eigenvalue weighted by atomic mass is 32.2. The topological polar surface area (TPSA) is 88.2 Å². The van der Waals surface area contributed by atoms with Crippen LogP contribution in [-0.2, 0) is 32.6 Å². The van der Waals surface area contributed by atoms with Crippen molar-refractivity contribution in [2.24, 2.45) is 0 Å². The van der Waals surface area contributed by atoms with Gasteiger partial charge in [0.1, 0.15) is 0 Å². The first-order valence-corrected chi connectivity index (χ1v) is 13.2. The SMILES string of the molecule is CC1CN(S(=O)(=O)c2cccc(C(=O)NCc3cccc(CN4CCOCC4)c3)c2)CC(C)O1. The van der Waals surface area contributed by atoms with Gasteiger partial charge in [-0.05, 0) is 43.2 Å². The van der Waals surface area contributed by atoms with Crippen LogP contribution in [-0.4, -0.2) is 75.1 Å². The molecule has 4 rings (SSSR count). The molecule has 2 aliphatic rings. The molecule has 0 saturated carbocycles. The minimum Gasteiger partial charge on any atom is -0.379 e. The van der Waals surface area contributed by atoms with Crippen LogP contribution in [0.25, 0.3) is 0 Å². The fourth-order valence-corrected chi connectivity index (χ4v) is 6.05. The average molecular weight is 488 g/mol. The Bertz CT molecular complexity index is 1090. The van der Waals surface area contributed by atoms with Crippen LogP contribution in [0, 0.1) is 0 Å². The van der Waals surface area contributed by atoms with Crippen LogP contribution in [0.3, 0.4) is 0 Å². The van der Waals surface area contributed by atoms with Gasteiger partial charge in [-0.2, -0.15) is 4.31 Å². The number of hydrogen-bond donors (Lipinski definition) is 1. The summed E-state index contributed by atoms with van der Waals surface area (Å²) in [5.74, 6) is -0.306. The Kier molecular flexibility index (Phi) is 8.00. The largest absolute Gasteiger partial charge is 0.379 e. The van der Waals surface area contributed by atoms with Crippen molar-refractivity contribution in [2.75, 3.05) is 39.4 Å². The summed E-state index contributed by atoms with van der Waals surface area (Å²) in [4.78, 5) is 15.3. The van der Waals surface area contributed by atoms with Crippen molar-refractivity contribution in [3.8, 4) is 0 Å². The second-order valence-electron chi connectivity index (χ2n) is 9.00. The Labute approximate surface area is 201 Å². The van der Waals surface area contributed by atoms with Crippen molar-refractivity contribution < 1.29 is 22.7 Å². The van der Waals surface area contributed by atoms with Crippen LogP contribution in [0.1, 0.15) is 35.3 Å². The van der Waals surface area contributed by atoms with E-state index >= 15 is 0 Å². The smallest absolute Gasteiger partial charge is 0.251 e. The quantitative estimate of drug-likeness (QED) is 0.645. The number of carbonyl (C=O) groups excluding carboxylic acids is 1. The number of morpholine rings is 2. The van der Waals surface area contributed by atoms with Gasteiger partial charge in [0.25, 0.3) is 5.91 Å². The van der Waals surface area contributed by atoms with Gasteiger partial charge in [0.15, 0.2) is 0 Å². The lowest BCUT2D eigenvalue weighted by molar-refractivity contribution is -0.0440. The number of hydrogen-bond acceptors (Lipinski definition) is 6. The molecule has 0 radical (unpaired) electrons. The lowest BCUT2D eigenvalue weighted by Gasteiger charge is -2.34. The maximum Gasteiger partial charge on any atom is 0.251 e. The lowest BCUT2D eigenvalue weighted by Crippen LogP contribution is -2.48. The molecule has 2 atom stereocenters. The normalized spacial score (nSPS) is 22.4. The van der Waals surface area contributed by atoms with Crippen LogP contribution < -0.4 is 5.32 Å². The first-order chi connectivity index (χ1) is 16.3. The highest BCUT2D eigenvalue weighted by molar-refractivity contribution is 7.89. The highest BCUT2D eigenvalue weighted by Gasteiger charge is 2.32. The van der Waals surface area contributed by atoms with E-state index in [-0.39, 0.29) is 23.0 Å². The summed E-state index contributed by atoms with van der Waals surface area (Å²) in [5, 5.41) is 2.92. The molecule has 184 valence electrons. The van der Waals surface area contributed by atoms with Crippen LogP contribution in [0.4, 0.5) is 0 Å². The number of nitrogens with one attached hydrogen (secondary N) is 1. The number of amides is 1. The molecule has 2 aromatic rings. The molecule has 0 aromatic heterocycles. The van der Waals surface area contributed by atoms with Crippen molar-refractivity contribution in [3.63, 3.8) is 0 Å². The summed E-state index contributed by atoms with van der Waals surface area (Å²) in [6.45, 7) is 8.88. The third-order valence-corrected chi connectivity index (χ3v) is 7.90. The Morgan fingerprint density at radius 1 is 1.00 bits per heavy atom. The number of ether oxygens (including phenoxy) is 2. The monoisotopic (exact) mass is 487 g/mol. The molecular formula is C25H33N3O5S. The summed E-state index contributed by atoms with van der Waals surface area (Å²) in [7, 11) is -3.71. The zero-order chi connectivity index (χ0) is 24.1. The molecular weight excluding hydrogens is 454 g/mol. The molecule has 2 fully saturated rings. The van der Waals surface area contributed by atoms with E-state index < -0.39 is 10.0 Å². The van der Waals surface area contributed by atoms with Gasteiger partial charge >= 0.3 is 0 Å². The maximum absolute atomic E-state index is 13.2. The minimum atomic E-state index is -3.71. The number of carbonyl (C=O) groups is 1. The lowest BCUT2D eigenvalue weighted by atomic mass is 10.1. The van der Waals surface area contributed by atoms with Gasteiger partial charge in [-0.3, -0.25) is 9.69 Å². The summed E-state index contributed by atoms with van der Waals surface area (Å²) in [6, 6.07) is 14.4. The number of nitrogens with zero attached hydrogens (tertiary/aromatic N) is 2. The summed E-state index contributed by atoms with van der Waals surface area (Å²) >= 11 is 0. The summed E-state index contributed by atoms with van der Waals surface area (Å²) < 4.78 is 38.8. The number of sulfonamides is 1. The fraction of sp³-hybridized carbons (Fsp3) is 0.480. The zero-order valence-corrected chi connectivity index (χ0v) is 20.6. The first kappa shape index (κ1) is 24.8. The number of rotatable bonds is 7. The molecule has 2 aromatic carbocycles. The molecule has 2 saturated heterocycles. The number of benzene rings is 2. The van der Waals surface area contributed by atoms with Crippen molar-refractivity contribution >= 4 is 15.9 Å². The Morgan fingerprint density at radius 2 is 1.68 bits per heavy atom. The van der Waals surface area contributed by atoms with Gasteiger partial charge in [0.2, 0.25) is 10.0 Å². The van der Waals surface area contributed by atoms with Crippen LogP contribution in [0.5, 0.6) is 0 Å². The van der Waals surface area contributed by atoms with Gasteiger partial charge in [0.05, 0.1) is 30.3 Å². The van der Waals surface area contributed by atoms with E-state index in [0.717, 1.165) is 38.4 Å². The van der Waals surface area contributed by atoms with Gasteiger partial charge in [-0.1, -0.05) is 30.3 Å². The Balaban J connectivity index is 1.39. The molecule has 0 bridgehead atoms. The van der Waals surface area contributed by atoms with E-state index in [0.29, 0.717) is 25.2 Å². The molecule has 34 heavy (non-hydrogen) atoms. The van der Waals surface area contributed by atoms with Gasteiger partial charge in [-0.25, -0.2) is 8.42 Å². The predicted octanol–water partition coefficient (Wildman–Crippen LogP) is 2.25. The van der Waals surface area contributed by atoms with Crippen molar-refractivity contribution in [1.82, 2.24) is 14.5 Å². The molecule has 8 nitrogen and oxygen atoms in total. The van der Waals surface area contributed by atoms with E-state index in [1.807, 2.05) is 26.0 Å². The van der Waals surface area contributed by atoms with Crippen molar-refractivity contribution in [1.29, 1.82) is 0 Å². The Hall–Kier alpha value is -2.30. The average Bonchev–Trinajstić information content (AvgIpc) is 2.83. The molecule has 9 heteroatoms. The van der Waals surface area contributed by atoms with E-state index in [9.17, 15) is 13.2 Å². The van der Waals surface area contributed by atoms with E-state index in [1.54, 1.807) is 12.1 Å². The molecule has 1 amide bonds. The minimum absolute atomic E-state index is 0.119. The molecule has 2 heterocycles. The third-order valence-electron chi connectivity index (χ3n) is 6.07. The van der Waals surface area contributed by atoms with E-state index in [1.165, 1.54) is 22.0 Å². The third kappa shape index (κ3) is 6.22. The summed E-state index contributed by atoms with van der Waals surface area (Å²) in [5.41, 5.74) is 2.51. The second-order valence-corrected chi connectivity index (χ2v) is 10.9. The second kappa shape index (κ2) is 11.0. The summed E-state index contributed by atoms with van der Waals surface area (Å²) in [6.07, 6.45) is -0.354. The highest BCUT2D eigenvalue weighted by Crippen LogP contribution is 2.22. The van der Waals surface area contributed by atoms with Crippen LogP contribution >= 0.6 is 0 Å². The molecule has 2 unspecified atom stereocenters. The fourth-order valence-electron chi connectivity index (χ4n) is 4.41. The van der Waals surface area contributed by atoms with E-state index in [4.69, 9.17) is 9.47 Å². The van der Waals surface area contributed by atoms with E-state index in [2.05, 4.69) is 22.3 Å². The van der Waals surface area contributed by atoms with Crippen molar-refractivity contribution in [3.05, 3.63) is 65.2 Å². The maximum atomic E-state index is 13.2. The van der Waals surface area contributed by atoms with Gasteiger partial charge < -0.3 is 14.8 Å². The first-order valence-electron chi connectivity index (χ1n) is 11.7. The molecule has 0 aliphatic carbocycles. The van der Waals surface area contributed by atoms with Crippen LogP contribution in [0.15, 0.2) is 53.4 Å². The van der Waals surface area contributed by atoms with Crippen molar-refractivity contribution in [2.45, 2.75) is 44.0 Å². The molecule has 0 spiro atoms. The predicted molar refractivity (Wildman–Crippen MR) is 129 cm³/mol. The van der Waals surface area contributed by atoms with Gasteiger partial charge in [-0.15, -0.1) is 0 Å². The van der Waals surface area contributed by atoms with Gasteiger partial charge in [0, 0.05) is 44.8 Å².